The molecule has 0 aliphatic heterocycles. The first-order valence-electron chi connectivity index (χ1n) is 8.52. The monoisotopic (exact) mass is 500 g/mol. The molecule has 0 aromatic rings. The molecule has 4 nitrogen and oxygen atoms in total. The molecule has 15 heteroatoms. The zero-order valence-electron chi connectivity index (χ0n) is 15.9. The Morgan fingerprint density at radius 3 is 1.70 bits per heavy atom. The van der Waals surface area contributed by atoms with Crippen molar-refractivity contribution in [2.75, 3.05) is 12.0 Å². The average Bonchev–Trinajstić information content (AvgIpc) is 2.60. The second kappa shape index (κ2) is 10.3. The van der Waals surface area contributed by atoms with Gasteiger partial charge < -0.3 is 4.55 Å². The summed E-state index contributed by atoms with van der Waals surface area (Å²) in [6.45, 7) is 1.97. The van der Waals surface area contributed by atoms with Crippen molar-refractivity contribution < 1.29 is 57.3 Å². The van der Waals surface area contributed by atoms with Crippen molar-refractivity contribution in [1.82, 2.24) is 0 Å². The predicted octanol–water partition coefficient (Wildman–Crippen LogP) is 4.50. The Balaban J connectivity index is 0.000000579. The minimum Gasteiger partial charge on any atom is -0.743 e. The standard InChI is InChI=1S/C11H21OS.C4HF9O3S/c1-3-10(12)9-13(2)11-7-5-4-6-8-11;5-1(6,3(9,10)11)2(7,8)4(12,13)17(14,15)16/h11H,3-9H2,1-2H3;(H,14,15,16)/q+1;/p-1. The van der Waals surface area contributed by atoms with Crippen LogP contribution in [0.15, 0.2) is 0 Å². The minimum atomic E-state index is -7.43. The van der Waals surface area contributed by atoms with Crippen LogP contribution in [0.3, 0.4) is 0 Å². The lowest BCUT2D eigenvalue weighted by Crippen LogP contribution is -2.63. The molecule has 0 spiro atoms. The van der Waals surface area contributed by atoms with Gasteiger partial charge in [-0.25, -0.2) is 8.42 Å². The second-order valence-corrected chi connectivity index (χ2v) is 10.4. The largest absolute Gasteiger partial charge is 0.743 e. The van der Waals surface area contributed by atoms with E-state index in [1.807, 2.05) is 6.92 Å². The highest BCUT2D eigenvalue weighted by molar-refractivity contribution is 7.97. The van der Waals surface area contributed by atoms with Gasteiger partial charge in [0.1, 0.15) is 5.25 Å². The van der Waals surface area contributed by atoms with Crippen LogP contribution in [0.5, 0.6) is 0 Å². The molecule has 1 aliphatic rings. The van der Waals surface area contributed by atoms with E-state index in [1.54, 1.807) is 0 Å². The van der Waals surface area contributed by atoms with E-state index in [2.05, 4.69) is 6.26 Å². The Hall–Kier alpha value is -0.700. The molecule has 1 aliphatic carbocycles. The highest BCUT2D eigenvalue weighted by atomic mass is 32.2. The normalized spacial score (nSPS) is 18.4. The van der Waals surface area contributed by atoms with E-state index in [0.717, 1.165) is 17.4 Å². The first-order valence-corrected chi connectivity index (χ1v) is 11.8. The van der Waals surface area contributed by atoms with Crippen molar-refractivity contribution in [3.63, 3.8) is 0 Å². The molecule has 0 aromatic heterocycles. The third kappa shape index (κ3) is 6.65. The van der Waals surface area contributed by atoms with E-state index >= 15 is 0 Å². The summed E-state index contributed by atoms with van der Waals surface area (Å²) in [7, 11) is -7.05. The van der Waals surface area contributed by atoms with Crippen LogP contribution in [0.25, 0.3) is 0 Å². The fourth-order valence-electron chi connectivity index (χ4n) is 2.46. The number of carbonyl (C=O) groups is 1. The summed E-state index contributed by atoms with van der Waals surface area (Å²) in [4.78, 5) is 11.3. The summed E-state index contributed by atoms with van der Waals surface area (Å²) in [5.41, 5.74) is 0. The topological polar surface area (TPSA) is 74.3 Å². The van der Waals surface area contributed by atoms with Crippen LogP contribution >= 0.6 is 0 Å². The molecule has 1 saturated carbocycles. The molecular formula is C15H21F9O4S2. The van der Waals surface area contributed by atoms with Crippen LogP contribution in [-0.2, 0) is 25.8 Å². The maximum absolute atomic E-state index is 12.2. The maximum Gasteiger partial charge on any atom is 0.460 e. The van der Waals surface area contributed by atoms with Crippen molar-refractivity contribution >= 4 is 26.8 Å². The van der Waals surface area contributed by atoms with E-state index in [1.165, 1.54) is 32.1 Å². The van der Waals surface area contributed by atoms with Gasteiger partial charge in [-0.05, 0) is 36.6 Å². The van der Waals surface area contributed by atoms with Crippen LogP contribution in [0.1, 0.15) is 45.4 Å². The molecule has 1 atom stereocenters. The van der Waals surface area contributed by atoms with Crippen LogP contribution in [-0.4, -0.2) is 59.3 Å². The van der Waals surface area contributed by atoms with E-state index in [9.17, 15) is 57.3 Å². The molecule has 180 valence electrons. The molecule has 0 saturated heterocycles. The Kier molecular flexibility index (Phi) is 10.0. The van der Waals surface area contributed by atoms with Gasteiger partial charge in [-0.3, -0.25) is 4.79 Å². The van der Waals surface area contributed by atoms with E-state index < -0.39 is 33.4 Å². The van der Waals surface area contributed by atoms with Gasteiger partial charge in [-0.15, -0.1) is 0 Å². The van der Waals surface area contributed by atoms with Gasteiger partial charge in [-0.1, -0.05) is 13.3 Å². The lowest BCUT2D eigenvalue weighted by Gasteiger charge is -2.34. The zero-order valence-corrected chi connectivity index (χ0v) is 17.5. The SMILES string of the molecule is CCC(=O)C[S+](C)C1CCCCC1.O=S(=O)([O-])C(F)(F)C(F)(F)C(F)(F)C(F)(F)F. The van der Waals surface area contributed by atoms with Crippen LogP contribution in [0.4, 0.5) is 39.5 Å². The van der Waals surface area contributed by atoms with Gasteiger partial charge in [0.15, 0.2) is 21.7 Å². The van der Waals surface area contributed by atoms with E-state index in [4.69, 9.17) is 0 Å². The molecule has 1 rings (SSSR count). The fourth-order valence-corrected chi connectivity index (χ4v) is 4.99. The lowest BCUT2D eigenvalue weighted by atomic mass is 10.0. The van der Waals surface area contributed by atoms with Crippen LogP contribution < -0.4 is 0 Å². The summed E-state index contributed by atoms with van der Waals surface area (Å²) in [6.07, 6.45) is 2.78. The number of Topliss-reactive ketones (excluding diaryl/α,β-unsaturated/α-hetero) is 1. The lowest BCUT2D eigenvalue weighted by molar-refractivity contribution is -0.382. The van der Waals surface area contributed by atoms with E-state index in [0.29, 0.717) is 16.7 Å². The second-order valence-electron chi connectivity index (χ2n) is 6.61. The number of carbonyl (C=O) groups excluding carboxylic acids is 1. The molecule has 0 heterocycles. The fraction of sp³-hybridized carbons (Fsp3) is 0.933. The molecule has 0 amide bonds. The Labute approximate surface area is 170 Å². The van der Waals surface area contributed by atoms with Crippen molar-refractivity contribution in [3.8, 4) is 0 Å². The van der Waals surface area contributed by atoms with Crippen LogP contribution in [0.2, 0.25) is 0 Å². The van der Waals surface area contributed by atoms with E-state index in [-0.39, 0.29) is 0 Å². The highest BCUT2D eigenvalue weighted by Crippen LogP contribution is 2.54. The van der Waals surface area contributed by atoms with Gasteiger partial charge >= 0.3 is 23.3 Å². The van der Waals surface area contributed by atoms with Crippen molar-refractivity contribution in [1.29, 1.82) is 0 Å². The third-order valence-corrected chi connectivity index (χ3v) is 7.61. The predicted molar refractivity (Wildman–Crippen MR) is 90.9 cm³/mol. The molecule has 0 N–H and O–H groups in total. The first-order chi connectivity index (χ1) is 13.2. The summed E-state index contributed by atoms with van der Waals surface area (Å²) in [5.74, 6) is -13.5. The number of hydrogen-bond donors (Lipinski definition) is 0. The number of ketones is 1. The first kappa shape index (κ1) is 29.3. The summed E-state index contributed by atoms with van der Waals surface area (Å²) in [5, 5.41) is -6.25. The Morgan fingerprint density at radius 1 is 0.933 bits per heavy atom. The molecule has 0 bridgehead atoms. The van der Waals surface area contributed by atoms with Crippen molar-refractivity contribution in [3.05, 3.63) is 0 Å². The molecular weight excluding hydrogens is 479 g/mol. The third-order valence-electron chi connectivity index (χ3n) is 4.33. The van der Waals surface area contributed by atoms with Gasteiger partial charge in [0.2, 0.25) is 0 Å². The molecule has 1 fully saturated rings. The molecule has 0 radical (unpaired) electrons. The van der Waals surface area contributed by atoms with Crippen molar-refractivity contribution in [2.24, 2.45) is 0 Å². The highest BCUT2D eigenvalue weighted by Gasteiger charge is 2.83. The smallest absolute Gasteiger partial charge is 0.460 e. The van der Waals surface area contributed by atoms with Crippen LogP contribution in [0, 0.1) is 0 Å². The molecule has 30 heavy (non-hydrogen) atoms. The maximum atomic E-state index is 12.2. The van der Waals surface area contributed by atoms with Gasteiger partial charge in [0, 0.05) is 6.42 Å². The van der Waals surface area contributed by atoms with Gasteiger partial charge in [0.05, 0.1) is 6.26 Å². The number of hydrogen-bond acceptors (Lipinski definition) is 4. The molecule has 1 unspecified atom stereocenters. The summed E-state index contributed by atoms with van der Waals surface area (Å²) in [6, 6.07) is 0. The number of halogens is 9. The summed E-state index contributed by atoms with van der Waals surface area (Å²) >= 11 is 0. The number of alkyl halides is 9. The molecule has 0 aromatic carbocycles. The van der Waals surface area contributed by atoms with Crippen molar-refractivity contribution in [2.45, 2.75) is 74.0 Å². The number of rotatable bonds is 7. The Morgan fingerprint density at radius 2 is 1.37 bits per heavy atom. The van der Waals surface area contributed by atoms with Gasteiger partial charge in [0.25, 0.3) is 0 Å². The van der Waals surface area contributed by atoms with Gasteiger partial charge in [-0.2, -0.15) is 39.5 Å². The minimum absolute atomic E-state index is 0.364. The summed E-state index contributed by atoms with van der Waals surface area (Å²) < 4.78 is 135. The quantitative estimate of drug-likeness (QED) is 0.293. The zero-order chi connectivity index (χ0) is 24.2. The Bertz CT molecular complexity index is 672. The average molecular weight is 500 g/mol.